The van der Waals surface area contributed by atoms with E-state index >= 15 is 0 Å². The number of aliphatic hydroxyl groups is 1. The van der Waals surface area contributed by atoms with Crippen molar-refractivity contribution in [3.8, 4) is 17.7 Å². The molecule has 0 saturated carbocycles. The number of hydrogen-bond donors (Lipinski definition) is 2. The Bertz CT molecular complexity index is 859. The molecule has 7 heteroatoms. The van der Waals surface area contributed by atoms with Crippen LogP contribution in [0.4, 0.5) is 0 Å². The van der Waals surface area contributed by atoms with Crippen LogP contribution in [0.1, 0.15) is 31.0 Å². The fourth-order valence-corrected chi connectivity index (χ4v) is 2.89. The first-order valence-electron chi connectivity index (χ1n) is 8.14. The summed E-state index contributed by atoms with van der Waals surface area (Å²) in [6.07, 6.45) is 4.21. The van der Waals surface area contributed by atoms with Gasteiger partial charge in [-0.25, -0.2) is 0 Å². The SMILES string of the molecule is COc1ccc2c(c1)[C@H](N=C(NC#N)c1cccnc1)[C@@H](O)C(C)(C)O2. The molecule has 2 aromatic rings. The van der Waals surface area contributed by atoms with Crippen molar-refractivity contribution in [2.75, 3.05) is 7.11 Å². The van der Waals surface area contributed by atoms with E-state index in [2.05, 4.69) is 15.3 Å². The van der Waals surface area contributed by atoms with Gasteiger partial charge in [0.15, 0.2) is 6.19 Å². The van der Waals surface area contributed by atoms with Crippen LogP contribution in [0.25, 0.3) is 0 Å². The Labute approximate surface area is 151 Å². The Kier molecular flexibility index (Phi) is 4.78. The summed E-state index contributed by atoms with van der Waals surface area (Å²) in [6.45, 7) is 3.60. The first kappa shape index (κ1) is 17.7. The first-order valence-corrected chi connectivity index (χ1v) is 8.14. The number of pyridine rings is 1. The van der Waals surface area contributed by atoms with E-state index in [1.807, 2.05) is 6.19 Å². The molecule has 134 valence electrons. The van der Waals surface area contributed by atoms with Gasteiger partial charge in [-0.15, -0.1) is 0 Å². The Morgan fingerprint density at radius 2 is 2.23 bits per heavy atom. The van der Waals surface area contributed by atoms with Gasteiger partial charge < -0.3 is 14.6 Å². The van der Waals surface area contributed by atoms with Gasteiger partial charge in [-0.2, -0.15) is 5.26 Å². The molecule has 1 aliphatic rings. The number of nitrogens with one attached hydrogen (secondary N) is 1. The number of aliphatic hydroxyl groups excluding tert-OH is 1. The fourth-order valence-electron chi connectivity index (χ4n) is 2.89. The second-order valence-corrected chi connectivity index (χ2v) is 6.46. The number of fused-ring (bicyclic) bond motifs is 1. The lowest BCUT2D eigenvalue weighted by Gasteiger charge is -2.40. The summed E-state index contributed by atoms with van der Waals surface area (Å²) in [5, 5.41) is 22.6. The molecule has 3 rings (SSSR count). The van der Waals surface area contributed by atoms with Crippen LogP contribution in [0, 0.1) is 11.5 Å². The number of rotatable bonds is 3. The average molecular weight is 352 g/mol. The molecule has 2 N–H and O–H groups in total. The summed E-state index contributed by atoms with van der Waals surface area (Å²) in [4.78, 5) is 8.71. The van der Waals surface area contributed by atoms with E-state index in [0.717, 1.165) is 0 Å². The van der Waals surface area contributed by atoms with Crippen molar-refractivity contribution in [3.05, 3.63) is 53.9 Å². The molecule has 1 aromatic carbocycles. The number of benzene rings is 1. The second kappa shape index (κ2) is 7.02. The predicted molar refractivity (Wildman–Crippen MR) is 96.0 cm³/mol. The van der Waals surface area contributed by atoms with Crippen LogP contribution >= 0.6 is 0 Å². The average Bonchev–Trinajstić information content (AvgIpc) is 2.65. The number of methoxy groups -OCH3 is 1. The third kappa shape index (κ3) is 3.32. The highest BCUT2D eigenvalue weighted by Crippen LogP contribution is 2.43. The standard InChI is InChI=1S/C19H20N4O3/c1-19(2)17(24)16(14-9-13(25-3)6-7-15(14)26-19)23-18(22-11-20)12-5-4-8-21-10-12/h4-10,16-17,24H,1-3H3,(H,22,23)/t16-,17+/m0/s1. The molecule has 0 saturated heterocycles. The van der Waals surface area contributed by atoms with Crippen molar-refractivity contribution >= 4 is 5.84 Å². The lowest BCUT2D eigenvalue weighted by molar-refractivity contribution is -0.0567. The number of hydrogen-bond acceptors (Lipinski definition) is 6. The maximum Gasteiger partial charge on any atom is 0.182 e. The van der Waals surface area contributed by atoms with E-state index in [1.165, 1.54) is 0 Å². The maximum absolute atomic E-state index is 10.9. The van der Waals surface area contributed by atoms with Gasteiger partial charge in [-0.3, -0.25) is 15.3 Å². The van der Waals surface area contributed by atoms with Crippen LogP contribution in [-0.2, 0) is 0 Å². The van der Waals surface area contributed by atoms with Gasteiger partial charge in [0.05, 0.1) is 7.11 Å². The van der Waals surface area contributed by atoms with Crippen molar-refractivity contribution in [1.29, 1.82) is 5.26 Å². The quantitative estimate of drug-likeness (QED) is 0.380. The topological polar surface area (TPSA) is 99.8 Å². The van der Waals surface area contributed by atoms with Gasteiger partial charge >= 0.3 is 0 Å². The van der Waals surface area contributed by atoms with Gasteiger partial charge in [-0.05, 0) is 44.2 Å². The minimum Gasteiger partial charge on any atom is -0.497 e. The Balaban J connectivity index is 2.13. The van der Waals surface area contributed by atoms with Crippen LogP contribution in [0.2, 0.25) is 0 Å². The van der Waals surface area contributed by atoms with Crippen LogP contribution in [0.15, 0.2) is 47.7 Å². The summed E-state index contributed by atoms with van der Waals surface area (Å²) in [5.41, 5.74) is 0.495. The first-order chi connectivity index (χ1) is 12.5. The predicted octanol–water partition coefficient (Wildman–Crippen LogP) is 2.18. The third-order valence-electron chi connectivity index (χ3n) is 4.30. The maximum atomic E-state index is 10.9. The van der Waals surface area contributed by atoms with Crippen LogP contribution in [0.3, 0.4) is 0 Å². The van der Waals surface area contributed by atoms with E-state index in [4.69, 9.17) is 14.7 Å². The third-order valence-corrected chi connectivity index (χ3v) is 4.30. The lowest BCUT2D eigenvalue weighted by Crippen LogP contribution is -2.48. The Morgan fingerprint density at radius 3 is 2.88 bits per heavy atom. The summed E-state index contributed by atoms with van der Waals surface area (Å²) in [5.74, 6) is 1.59. The summed E-state index contributed by atoms with van der Waals surface area (Å²) in [7, 11) is 1.57. The molecule has 0 radical (unpaired) electrons. The lowest BCUT2D eigenvalue weighted by atomic mass is 9.86. The molecule has 0 aliphatic carbocycles. The molecule has 0 spiro atoms. The van der Waals surface area contributed by atoms with E-state index in [9.17, 15) is 5.11 Å². The molecule has 7 nitrogen and oxygen atoms in total. The molecule has 0 bridgehead atoms. The Hall–Kier alpha value is -3.11. The van der Waals surface area contributed by atoms with E-state index < -0.39 is 17.7 Å². The summed E-state index contributed by atoms with van der Waals surface area (Å²) >= 11 is 0. The van der Waals surface area contributed by atoms with E-state index in [0.29, 0.717) is 28.5 Å². The number of nitrogens with zero attached hydrogens (tertiary/aromatic N) is 3. The number of aliphatic imine (C=N–C) groups is 1. The fraction of sp³-hybridized carbons (Fsp3) is 0.316. The smallest absolute Gasteiger partial charge is 0.182 e. The zero-order valence-corrected chi connectivity index (χ0v) is 14.8. The highest BCUT2D eigenvalue weighted by Gasteiger charge is 2.43. The number of ether oxygens (including phenoxy) is 2. The van der Waals surface area contributed by atoms with Gasteiger partial charge in [0.25, 0.3) is 0 Å². The van der Waals surface area contributed by atoms with Crippen LogP contribution in [0.5, 0.6) is 11.5 Å². The molecule has 0 unspecified atom stereocenters. The molecular formula is C19H20N4O3. The molecule has 2 atom stereocenters. The van der Waals surface area contributed by atoms with Gasteiger partial charge in [-0.1, -0.05) is 0 Å². The monoisotopic (exact) mass is 352 g/mol. The van der Waals surface area contributed by atoms with Crippen LogP contribution < -0.4 is 14.8 Å². The molecule has 1 aliphatic heterocycles. The van der Waals surface area contributed by atoms with Gasteiger partial charge in [0.2, 0.25) is 0 Å². The molecule has 0 fully saturated rings. The van der Waals surface area contributed by atoms with Gasteiger partial charge in [0, 0.05) is 23.5 Å². The highest BCUT2D eigenvalue weighted by atomic mass is 16.5. The summed E-state index contributed by atoms with van der Waals surface area (Å²) < 4.78 is 11.2. The zero-order valence-electron chi connectivity index (χ0n) is 14.8. The van der Waals surface area contributed by atoms with Crippen LogP contribution in [-0.4, -0.2) is 34.7 Å². The second-order valence-electron chi connectivity index (χ2n) is 6.46. The molecule has 2 heterocycles. The largest absolute Gasteiger partial charge is 0.497 e. The minimum absolute atomic E-state index is 0.330. The van der Waals surface area contributed by atoms with Crippen molar-refractivity contribution in [3.63, 3.8) is 0 Å². The molecular weight excluding hydrogens is 332 g/mol. The van der Waals surface area contributed by atoms with E-state index in [-0.39, 0.29) is 0 Å². The van der Waals surface area contributed by atoms with Crippen molar-refractivity contribution in [2.24, 2.45) is 4.99 Å². The summed E-state index contributed by atoms with van der Waals surface area (Å²) in [6, 6.07) is 8.29. The van der Waals surface area contributed by atoms with E-state index in [1.54, 1.807) is 63.7 Å². The van der Waals surface area contributed by atoms with Gasteiger partial charge in [0.1, 0.15) is 35.1 Å². The molecule has 0 amide bonds. The van der Waals surface area contributed by atoms with Crippen molar-refractivity contribution in [1.82, 2.24) is 10.3 Å². The number of aromatic nitrogens is 1. The Morgan fingerprint density at radius 1 is 1.42 bits per heavy atom. The van der Waals surface area contributed by atoms with Crippen molar-refractivity contribution in [2.45, 2.75) is 31.6 Å². The highest BCUT2D eigenvalue weighted by molar-refractivity contribution is 5.99. The minimum atomic E-state index is -0.922. The number of nitriles is 1. The number of amidine groups is 1. The normalized spacial score (nSPS) is 21.1. The molecule has 26 heavy (non-hydrogen) atoms. The zero-order chi connectivity index (χ0) is 18.7. The van der Waals surface area contributed by atoms with Crippen molar-refractivity contribution < 1.29 is 14.6 Å². The molecule has 1 aromatic heterocycles.